The minimum Gasteiger partial charge on any atom is -0.309 e. The Morgan fingerprint density at radius 2 is 0.761 bits per heavy atom. The lowest BCUT2D eigenvalue weighted by molar-refractivity contribution is 0.794. The highest BCUT2D eigenvalue weighted by molar-refractivity contribution is 6.27. The summed E-state index contributed by atoms with van der Waals surface area (Å²) in [4.78, 5) is 14.1. The predicted molar refractivity (Wildman–Crippen MR) is 296 cm³/mol. The van der Waals surface area contributed by atoms with Gasteiger partial charge in [-0.1, -0.05) is 176 Å². The molecule has 0 N–H and O–H groups in total. The summed E-state index contributed by atoms with van der Waals surface area (Å²) in [5.74, 6) is 0. The van der Waals surface area contributed by atoms with Crippen LogP contribution in [0.1, 0.15) is 22.3 Å². The van der Waals surface area contributed by atoms with Gasteiger partial charge in [-0.05, 0) is 148 Å². The van der Waals surface area contributed by atoms with E-state index in [4.69, 9.17) is 0 Å². The van der Waals surface area contributed by atoms with E-state index in [1.54, 1.807) is 0 Å². The Morgan fingerprint density at radius 1 is 0.282 bits per heavy atom. The molecule has 0 fully saturated rings. The van der Waals surface area contributed by atoms with Crippen molar-refractivity contribution in [2.24, 2.45) is 0 Å². The molecule has 0 saturated carbocycles. The molecule has 0 atom stereocenters. The number of rotatable bonds is 2. The van der Waals surface area contributed by atoms with Crippen LogP contribution in [0.4, 0.5) is 0 Å². The van der Waals surface area contributed by atoms with E-state index in [-0.39, 0.29) is 5.56 Å². The average molecular weight is 899 g/mol. The Bertz CT molecular complexity index is 4910. The fourth-order valence-corrected chi connectivity index (χ4v) is 13.8. The zero-order valence-corrected chi connectivity index (χ0v) is 38.2. The Hall–Kier alpha value is -9.31. The number of nitrogens with zero attached hydrogens (tertiary/aromatic N) is 2. The Morgan fingerprint density at radius 3 is 1.45 bits per heavy atom. The second-order valence-corrected chi connectivity index (χ2v) is 19.8. The van der Waals surface area contributed by atoms with Gasteiger partial charge in [0.1, 0.15) is 0 Å². The minimum atomic E-state index is -0.431. The Balaban J connectivity index is 0.876. The third-order valence-corrected chi connectivity index (χ3v) is 16.6. The molecule has 1 spiro atoms. The van der Waals surface area contributed by atoms with E-state index >= 15 is 0 Å². The normalized spacial score (nSPS) is 13.5. The van der Waals surface area contributed by atoms with Crippen molar-refractivity contribution >= 4 is 92.1 Å². The van der Waals surface area contributed by atoms with Gasteiger partial charge >= 0.3 is 0 Å². The van der Waals surface area contributed by atoms with Gasteiger partial charge < -0.3 is 4.57 Å². The van der Waals surface area contributed by atoms with Gasteiger partial charge in [0, 0.05) is 38.0 Å². The number of para-hydroxylation sites is 2. The van der Waals surface area contributed by atoms with Crippen LogP contribution in [0, 0.1) is 0 Å². The van der Waals surface area contributed by atoms with E-state index in [0.717, 1.165) is 54.8 Å². The molecular formula is C68H38N2O. The predicted octanol–water partition coefficient (Wildman–Crippen LogP) is 16.8. The first-order valence-electron chi connectivity index (χ1n) is 24.6. The fraction of sp³-hybridized carbons (Fsp3) is 0.0147. The van der Waals surface area contributed by atoms with Crippen molar-refractivity contribution in [1.82, 2.24) is 8.97 Å². The van der Waals surface area contributed by atoms with Gasteiger partial charge in [-0.3, -0.25) is 9.20 Å². The molecule has 3 heteroatoms. The molecule has 0 radical (unpaired) electrons. The van der Waals surface area contributed by atoms with Gasteiger partial charge in [-0.25, -0.2) is 0 Å². The molecule has 0 saturated heterocycles. The standard InChI is InChI=1S/C68H38N2O/c71-67-53-21-4-3-16-44(53)51-22-13-23-52-57-35-40(29-33-64(57)70(67)66(51)52)39-28-31-45-46-32-30-41(36-55(46)43-15-2-1-14-42(43)54(45)34-39)69-63-27-12-8-20-50(63)58-37-56-49-19-7-11-26-61(49)68(62(56)38-65(58)69)59-24-9-5-17-47(59)48-18-6-10-25-60(48)68/h1-38H. The van der Waals surface area contributed by atoms with E-state index in [1.807, 2.05) is 22.6 Å². The zero-order chi connectivity index (χ0) is 46.3. The molecule has 12 aromatic carbocycles. The maximum absolute atomic E-state index is 14.1. The first-order chi connectivity index (χ1) is 35.1. The minimum absolute atomic E-state index is 0.0293. The topological polar surface area (TPSA) is 26.4 Å². The van der Waals surface area contributed by atoms with Crippen molar-refractivity contribution in [2.75, 3.05) is 0 Å². The molecular weight excluding hydrogens is 861 g/mol. The lowest BCUT2D eigenvalue weighted by atomic mass is 9.70. The van der Waals surface area contributed by atoms with Gasteiger partial charge in [0.05, 0.1) is 27.5 Å². The molecule has 2 aliphatic rings. The smallest absolute Gasteiger partial charge is 0.263 e. The van der Waals surface area contributed by atoms with Crippen LogP contribution >= 0.6 is 0 Å². The van der Waals surface area contributed by atoms with Crippen LogP contribution in [0.3, 0.4) is 0 Å². The third-order valence-electron chi connectivity index (χ3n) is 16.6. The van der Waals surface area contributed by atoms with E-state index < -0.39 is 5.41 Å². The molecule has 0 unspecified atom stereocenters. The third kappa shape index (κ3) is 4.58. The monoisotopic (exact) mass is 898 g/mol. The second-order valence-electron chi connectivity index (χ2n) is 19.8. The van der Waals surface area contributed by atoms with Gasteiger partial charge in [-0.15, -0.1) is 0 Å². The van der Waals surface area contributed by atoms with Gasteiger partial charge in [-0.2, -0.15) is 0 Å². The highest BCUT2D eigenvalue weighted by Crippen LogP contribution is 2.63. The number of fused-ring (bicyclic) bond motifs is 24. The summed E-state index contributed by atoms with van der Waals surface area (Å²) in [5, 5.41) is 14.9. The van der Waals surface area contributed by atoms with Crippen LogP contribution in [0.25, 0.3) is 131 Å². The second kappa shape index (κ2) is 13.3. The number of hydrogen-bond acceptors (Lipinski definition) is 1. The summed E-state index contributed by atoms with van der Waals surface area (Å²) in [5.41, 5.74) is 18.0. The molecule has 71 heavy (non-hydrogen) atoms. The van der Waals surface area contributed by atoms with E-state index in [2.05, 4.69) is 217 Å². The highest BCUT2D eigenvalue weighted by Gasteiger charge is 2.51. The number of aromatic nitrogens is 2. The van der Waals surface area contributed by atoms with Crippen molar-refractivity contribution in [3.8, 4) is 39.1 Å². The maximum Gasteiger partial charge on any atom is 0.263 e. The Labute approximate surface area is 406 Å². The van der Waals surface area contributed by atoms with Gasteiger partial charge in [0.2, 0.25) is 0 Å². The summed E-state index contributed by atoms with van der Waals surface area (Å²) >= 11 is 0. The van der Waals surface area contributed by atoms with Crippen molar-refractivity contribution in [3.63, 3.8) is 0 Å². The Kier molecular flexibility index (Phi) is 7.03. The molecule has 326 valence electrons. The summed E-state index contributed by atoms with van der Waals surface area (Å²) in [6.07, 6.45) is 0. The summed E-state index contributed by atoms with van der Waals surface area (Å²) in [7, 11) is 0. The van der Waals surface area contributed by atoms with E-state index in [0.29, 0.717) is 0 Å². The molecule has 0 bridgehead atoms. The highest BCUT2D eigenvalue weighted by atomic mass is 16.1. The van der Waals surface area contributed by atoms with Crippen molar-refractivity contribution < 1.29 is 0 Å². The molecule has 2 aliphatic carbocycles. The summed E-state index contributed by atoms with van der Waals surface area (Å²) < 4.78 is 4.44. The molecule has 15 aromatic rings. The number of hydrogen-bond donors (Lipinski definition) is 0. The fourth-order valence-electron chi connectivity index (χ4n) is 13.8. The molecule has 3 nitrogen and oxygen atoms in total. The lowest BCUT2D eigenvalue weighted by Gasteiger charge is -2.30. The van der Waals surface area contributed by atoms with Crippen molar-refractivity contribution in [2.45, 2.75) is 5.41 Å². The van der Waals surface area contributed by atoms with Crippen LogP contribution in [-0.4, -0.2) is 8.97 Å². The average Bonchev–Trinajstić information content (AvgIpc) is 4.14. The van der Waals surface area contributed by atoms with Crippen molar-refractivity contribution in [3.05, 3.63) is 263 Å². The van der Waals surface area contributed by atoms with Crippen LogP contribution in [-0.2, 0) is 5.41 Å². The zero-order valence-electron chi connectivity index (χ0n) is 38.2. The quantitative estimate of drug-likeness (QED) is 0.159. The molecule has 17 rings (SSSR count). The van der Waals surface area contributed by atoms with Crippen LogP contribution in [0.15, 0.2) is 235 Å². The van der Waals surface area contributed by atoms with E-state index in [9.17, 15) is 4.79 Å². The van der Waals surface area contributed by atoms with E-state index in [1.165, 1.54) is 98.6 Å². The molecule has 0 amide bonds. The summed E-state index contributed by atoms with van der Waals surface area (Å²) in [6, 6.07) is 85.2. The first kappa shape index (κ1) is 37.6. The summed E-state index contributed by atoms with van der Waals surface area (Å²) in [6.45, 7) is 0. The van der Waals surface area contributed by atoms with Crippen LogP contribution < -0.4 is 5.56 Å². The lowest BCUT2D eigenvalue weighted by Crippen LogP contribution is -2.25. The van der Waals surface area contributed by atoms with Crippen molar-refractivity contribution in [1.29, 1.82) is 0 Å². The largest absolute Gasteiger partial charge is 0.309 e. The van der Waals surface area contributed by atoms with Gasteiger partial charge in [0.25, 0.3) is 5.56 Å². The molecule has 3 aromatic heterocycles. The van der Waals surface area contributed by atoms with Crippen LogP contribution in [0.5, 0.6) is 0 Å². The van der Waals surface area contributed by atoms with Gasteiger partial charge in [0.15, 0.2) is 0 Å². The SMILES string of the molecule is O=c1c2ccccc2c2cccc3c4cc(-c5ccc6c7ccc(-n8c9ccccc9c9cc%10c(cc98)C8(c9ccccc9-c9ccccc98)c8ccccc8-%10)cc7c7ccccc7c6c5)ccc4n1c23. The number of pyridine rings is 1. The van der Waals surface area contributed by atoms with Crippen LogP contribution in [0.2, 0.25) is 0 Å². The maximum atomic E-state index is 14.1. The first-order valence-corrected chi connectivity index (χ1v) is 24.6. The molecule has 3 heterocycles. The molecule has 0 aliphatic heterocycles. The number of benzene rings is 12.